The van der Waals surface area contributed by atoms with Gasteiger partial charge in [0.1, 0.15) is 10.6 Å². The van der Waals surface area contributed by atoms with E-state index < -0.39 is 21.9 Å². The van der Waals surface area contributed by atoms with Crippen molar-refractivity contribution in [1.29, 1.82) is 0 Å². The molecule has 0 unspecified atom stereocenters. The van der Waals surface area contributed by atoms with Crippen LogP contribution in [0.1, 0.15) is 25.5 Å². The average molecular weight is 393 g/mol. The maximum atomic E-state index is 12.7. The van der Waals surface area contributed by atoms with Crippen LogP contribution in [0.25, 0.3) is 0 Å². The maximum Gasteiger partial charge on any atom is 0.433 e. The average Bonchev–Trinajstić information content (AvgIpc) is 2.61. The molecule has 0 aliphatic carbocycles. The Morgan fingerprint density at radius 1 is 1.19 bits per heavy atom. The predicted molar refractivity (Wildman–Crippen MR) is 88.0 cm³/mol. The van der Waals surface area contributed by atoms with Crippen molar-refractivity contribution in [2.24, 2.45) is 0 Å². The number of piperidine rings is 1. The second-order valence-electron chi connectivity index (χ2n) is 6.69. The predicted octanol–water partition coefficient (Wildman–Crippen LogP) is 1.97. The fraction of sp³-hybridized carbons (Fsp3) is 0.688. The molecule has 1 atom stereocenters. The van der Waals surface area contributed by atoms with Crippen LogP contribution in [0.2, 0.25) is 0 Å². The molecule has 0 radical (unpaired) electrons. The van der Waals surface area contributed by atoms with Gasteiger partial charge in [0.2, 0.25) is 10.0 Å². The van der Waals surface area contributed by atoms with Gasteiger partial charge in [-0.15, -0.1) is 0 Å². The van der Waals surface area contributed by atoms with Gasteiger partial charge >= 0.3 is 6.18 Å². The first-order valence-electron chi connectivity index (χ1n) is 8.57. The Labute approximate surface area is 151 Å². The Hall–Kier alpha value is -1.23. The third kappa shape index (κ3) is 4.19. The largest absolute Gasteiger partial charge is 0.433 e. The van der Waals surface area contributed by atoms with Gasteiger partial charge in [-0.3, -0.25) is 9.88 Å². The second-order valence-corrected chi connectivity index (χ2v) is 8.63. The maximum absolute atomic E-state index is 12.7. The summed E-state index contributed by atoms with van der Waals surface area (Å²) in [6.07, 6.45) is -2.24. The molecule has 2 saturated heterocycles. The summed E-state index contributed by atoms with van der Waals surface area (Å²) < 4.78 is 69.9. The summed E-state index contributed by atoms with van der Waals surface area (Å²) in [5.74, 6) is 0. The molecule has 3 heterocycles. The van der Waals surface area contributed by atoms with Crippen molar-refractivity contribution in [1.82, 2.24) is 14.2 Å². The van der Waals surface area contributed by atoms with E-state index in [1.165, 1.54) is 4.31 Å². The molecular weight excluding hydrogens is 371 g/mol. The van der Waals surface area contributed by atoms with Gasteiger partial charge in [0.05, 0.1) is 12.7 Å². The van der Waals surface area contributed by atoms with E-state index in [9.17, 15) is 21.6 Å². The fourth-order valence-electron chi connectivity index (χ4n) is 3.47. The van der Waals surface area contributed by atoms with Gasteiger partial charge in [-0.2, -0.15) is 17.5 Å². The first kappa shape index (κ1) is 19.5. The SMILES string of the molecule is C[C@H]1CN(C2CCN(S(=O)(=O)c3ccc(C(F)(F)F)nc3)CC2)CCO1. The first-order chi connectivity index (χ1) is 12.2. The van der Waals surface area contributed by atoms with Crippen molar-refractivity contribution >= 4 is 10.0 Å². The van der Waals surface area contributed by atoms with E-state index in [-0.39, 0.29) is 11.0 Å². The lowest BCUT2D eigenvalue weighted by Gasteiger charge is -2.41. The van der Waals surface area contributed by atoms with Gasteiger partial charge in [0, 0.05) is 38.4 Å². The summed E-state index contributed by atoms with van der Waals surface area (Å²) in [6.45, 7) is 5.06. The first-order valence-corrected chi connectivity index (χ1v) is 10.0. The molecule has 10 heteroatoms. The summed E-state index contributed by atoms with van der Waals surface area (Å²) in [6, 6.07) is 1.98. The minimum Gasteiger partial charge on any atom is -0.376 e. The van der Waals surface area contributed by atoms with Crippen molar-refractivity contribution in [2.75, 3.05) is 32.8 Å². The quantitative estimate of drug-likeness (QED) is 0.786. The van der Waals surface area contributed by atoms with Crippen molar-refractivity contribution in [3.63, 3.8) is 0 Å². The molecule has 0 aromatic carbocycles. The number of ether oxygens (including phenoxy) is 1. The van der Waals surface area contributed by atoms with E-state index in [2.05, 4.69) is 9.88 Å². The molecule has 2 aliphatic rings. The highest BCUT2D eigenvalue weighted by Gasteiger charge is 2.35. The molecule has 1 aromatic heterocycles. The smallest absolute Gasteiger partial charge is 0.376 e. The highest BCUT2D eigenvalue weighted by atomic mass is 32.2. The number of pyridine rings is 1. The monoisotopic (exact) mass is 393 g/mol. The Bertz CT molecular complexity index is 716. The summed E-state index contributed by atoms with van der Waals surface area (Å²) >= 11 is 0. The summed E-state index contributed by atoms with van der Waals surface area (Å²) in [4.78, 5) is 5.38. The highest BCUT2D eigenvalue weighted by molar-refractivity contribution is 7.89. The van der Waals surface area contributed by atoms with Crippen LogP contribution < -0.4 is 0 Å². The van der Waals surface area contributed by atoms with Gasteiger partial charge in [-0.25, -0.2) is 8.42 Å². The van der Waals surface area contributed by atoms with Crippen LogP contribution in [0.3, 0.4) is 0 Å². The number of alkyl halides is 3. The van der Waals surface area contributed by atoms with Crippen molar-refractivity contribution in [3.8, 4) is 0 Å². The van der Waals surface area contributed by atoms with Crippen LogP contribution in [0, 0.1) is 0 Å². The lowest BCUT2D eigenvalue weighted by atomic mass is 10.0. The number of rotatable bonds is 3. The highest BCUT2D eigenvalue weighted by Crippen LogP contribution is 2.29. The van der Waals surface area contributed by atoms with Crippen molar-refractivity contribution in [3.05, 3.63) is 24.0 Å². The molecule has 0 saturated carbocycles. The Morgan fingerprint density at radius 2 is 1.88 bits per heavy atom. The lowest BCUT2D eigenvalue weighted by Crippen LogP contribution is -2.51. The molecule has 0 spiro atoms. The van der Waals surface area contributed by atoms with Crippen LogP contribution in [-0.4, -0.2) is 67.5 Å². The summed E-state index contributed by atoms with van der Waals surface area (Å²) in [5.41, 5.74) is -1.10. The number of hydrogen-bond acceptors (Lipinski definition) is 5. The van der Waals surface area contributed by atoms with Crippen LogP contribution >= 0.6 is 0 Å². The lowest BCUT2D eigenvalue weighted by molar-refractivity contribution is -0.141. The van der Waals surface area contributed by atoms with Gasteiger partial charge in [-0.1, -0.05) is 0 Å². The zero-order chi connectivity index (χ0) is 18.9. The fourth-order valence-corrected chi connectivity index (χ4v) is 4.89. The molecule has 3 rings (SSSR count). The molecule has 1 aromatic rings. The van der Waals surface area contributed by atoms with Crippen molar-refractivity contribution < 1.29 is 26.3 Å². The van der Waals surface area contributed by atoms with E-state index in [4.69, 9.17) is 4.74 Å². The van der Waals surface area contributed by atoms with Gasteiger partial charge in [-0.05, 0) is 31.9 Å². The second kappa shape index (κ2) is 7.41. The molecule has 2 fully saturated rings. The number of sulfonamides is 1. The number of halogens is 3. The van der Waals surface area contributed by atoms with Gasteiger partial charge in [0.15, 0.2) is 0 Å². The molecule has 2 aliphatic heterocycles. The number of hydrogen-bond donors (Lipinski definition) is 0. The van der Waals surface area contributed by atoms with Crippen LogP contribution in [0.15, 0.2) is 23.2 Å². The van der Waals surface area contributed by atoms with Crippen molar-refractivity contribution in [2.45, 2.75) is 43.0 Å². The molecule has 0 N–H and O–H groups in total. The van der Waals surface area contributed by atoms with Crippen LogP contribution in [0.5, 0.6) is 0 Å². The minimum absolute atomic E-state index is 0.170. The number of aromatic nitrogens is 1. The standard InChI is InChI=1S/C16H22F3N3O3S/c1-12-11-21(8-9-25-12)13-4-6-22(7-5-13)26(23,24)14-2-3-15(20-10-14)16(17,18)19/h2-3,10,12-13H,4-9,11H2,1H3/t12-/m0/s1. The summed E-state index contributed by atoms with van der Waals surface area (Å²) in [5, 5.41) is 0. The topological polar surface area (TPSA) is 62.7 Å². The Morgan fingerprint density at radius 3 is 2.42 bits per heavy atom. The molecule has 6 nitrogen and oxygen atoms in total. The van der Waals surface area contributed by atoms with Crippen LogP contribution in [-0.2, 0) is 20.9 Å². The molecule has 26 heavy (non-hydrogen) atoms. The van der Waals surface area contributed by atoms with E-state index in [1.807, 2.05) is 6.92 Å². The molecule has 0 amide bonds. The van der Waals surface area contributed by atoms with E-state index in [0.717, 1.165) is 25.4 Å². The van der Waals surface area contributed by atoms with Crippen LogP contribution in [0.4, 0.5) is 13.2 Å². The third-order valence-corrected chi connectivity index (χ3v) is 6.76. The zero-order valence-corrected chi connectivity index (χ0v) is 15.3. The van der Waals surface area contributed by atoms with Gasteiger partial charge in [0.25, 0.3) is 0 Å². The zero-order valence-electron chi connectivity index (χ0n) is 14.4. The van der Waals surface area contributed by atoms with Gasteiger partial charge < -0.3 is 4.74 Å². The number of nitrogens with zero attached hydrogens (tertiary/aromatic N) is 3. The number of morpholine rings is 1. The summed E-state index contributed by atoms with van der Waals surface area (Å²) in [7, 11) is -3.83. The third-order valence-electron chi connectivity index (χ3n) is 4.88. The van der Waals surface area contributed by atoms with E-state index in [0.29, 0.717) is 44.6 Å². The van der Waals surface area contributed by atoms with E-state index >= 15 is 0 Å². The normalized spacial score (nSPS) is 24.7. The minimum atomic E-state index is -4.59. The molecule has 0 bridgehead atoms. The Balaban J connectivity index is 1.64. The Kier molecular flexibility index (Phi) is 5.57. The molecule has 146 valence electrons. The van der Waals surface area contributed by atoms with E-state index in [1.54, 1.807) is 0 Å². The molecular formula is C16H22F3N3O3S.